The summed E-state index contributed by atoms with van der Waals surface area (Å²) in [6.07, 6.45) is 0. The third kappa shape index (κ3) is 6.17. The zero-order chi connectivity index (χ0) is 50.3. The summed E-state index contributed by atoms with van der Waals surface area (Å²) in [7, 11) is 0. The molecule has 15 aromatic rings. The van der Waals surface area contributed by atoms with E-state index in [4.69, 9.17) is 9.47 Å². The molecule has 0 amide bonds. The van der Waals surface area contributed by atoms with Gasteiger partial charge in [0.15, 0.2) is 0 Å². The second kappa shape index (κ2) is 16.2. The molecule has 0 unspecified atom stereocenters. The quantitative estimate of drug-likeness (QED) is 0.127. The van der Waals surface area contributed by atoms with Crippen LogP contribution in [0.1, 0.15) is 0 Å². The Hall–Kier alpha value is -10.1. The van der Waals surface area contributed by atoms with Crippen molar-refractivity contribution in [1.82, 2.24) is 9.13 Å². The molecule has 0 atom stereocenters. The fourth-order valence-electron chi connectivity index (χ4n) is 13.3. The van der Waals surface area contributed by atoms with Gasteiger partial charge in [-0.2, -0.15) is 0 Å². The van der Waals surface area contributed by atoms with E-state index in [2.05, 4.69) is 270 Å². The lowest BCUT2D eigenvalue weighted by atomic mass is 9.35. The van der Waals surface area contributed by atoms with Gasteiger partial charge in [0, 0.05) is 50.5 Å². The van der Waals surface area contributed by atoms with Crippen LogP contribution in [0.2, 0.25) is 0 Å². The number of hydrogen-bond donors (Lipinski definition) is 0. The molecule has 0 saturated carbocycles. The van der Waals surface area contributed by atoms with Crippen LogP contribution in [0.4, 0.5) is 0 Å². The first-order valence-corrected chi connectivity index (χ1v) is 26.5. The van der Waals surface area contributed by atoms with Gasteiger partial charge in [0.25, 0.3) is 6.71 Å². The molecular formula is C72H43BN2O2. The van der Waals surface area contributed by atoms with Crippen LogP contribution in [0, 0.1) is 0 Å². The monoisotopic (exact) mass is 978 g/mol. The maximum Gasteiger partial charge on any atom is 0.260 e. The molecule has 77 heavy (non-hydrogen) atoms. The van der Waals surface area contributed by atoms with Crippen LogP contribution in [-0.4, -0.2) is 15.8 Å². The van der Waals surface area contributed by atoms with Gasteiger partial charge in [0.1, 0.15) is 23.0 Å². The number of fused-ring (bicyclic) bond motifs is 13. The molecule has 0 spiro atoms. The first-order chi connectivity index (χ1) is 38.2. The number of rotatable bonds is 5. The molecule has 5 heteroatoms. The highest BCUT2D eigenvalue weighted by atomic mass is 16.5. The fourth-order valence-corrected chi connectivity index (χ4v) is 13.3. The topological polar surface area (TPSA) is 28.3 Å². The van der Waals surface area contributed by atoms with Gasteiger partial charge in [0.2, 0.25) is 0 Å². The number of benzene rings is 13. The molecule has 0 aliphatic carbocycles. The van der Waals surface area contributed by atoms with Gasteiger partial charge in [-0.05, 0) is 125 Å². The minimum Gasteiger partial charge on any atom is -0.458 e. The zero-order valence-electron chi connectivity index (χ0n) is 41.6. The Kier molecular flexibility index (Phi) is 8.90. The van der Waals surface area contributed by atoms with Gasteiger partial charge >= 0.3 is 0 Å². The average Bonchev–Trinajstić information content (AvgIpc) is 4.05. The van der Waals surface area contributed by atoms with E-state index in [1.807, 2.05) is 0 Å². The second-order valence-electron chi connectivity index (χ2n) is 20.7. The molecule has 0 saturated heterocycles. The van der Waals surface area contributed by atoms with Crippen LogP contribution >= 0.6 is 0 Å². The van der Waals surface area contributed by atoms with Gasteiger partial charge in [-0.1, -0.05) is 200 Å². The molecule has 4 heterocycles. The molecule has 356 valence electrons. The largest absolute Gasteiger partial charge is 0.458 e. The number of aromatic nitrogens is 2. The van der Waals surface area contributed by atoms with Gasteiger partial charge in [-0.25, -0.2) is 0 Å². The molecule has 2 aromatic heterocycles. The number of para-hydroxylation sites is 4. The van der Waals surface area contributed by atoms with E-state index in [0.717, 1.165) is 94.7 Å². The zero-order valence-corrected chi connectivity index (χ0v) is 41.6. The Bertz CT molecular complexity index is 4650. The van der Waals surface area contributed by atoms with Crippen molar-refractivity contribution >= 4 is 99.0 Å². The van der Waals surface area contributed by atoms with Crippen LogP contribution in [0.5, 0.6) is 23.0 Å². The summed E-state index contributed by atoms with van der Waals surface area (Å²) in [4.78, 5) is 0. The highest BCUT2D eigenvalue weighted by molar-refractivity contribution is 6.98. The van der Waals surface area contributed by atoms with Gasteiger partial charge < -0.3 is 18.6 Å². The summed E-state index contributed by atoms with van der Waals surface area (Å²) in [5.74, 6) is 3.27. The summed E-state index contributed by atoms with van der Waals surface area (Å²) in [6.45, 7) is -0.145. The molecule has 17 rings (SSSR count). The first kappa shape index (κ1) is 42.3. The van der Waals surface area contributed by atoms with E-state index in [9.17, 15) is 0 Å². The molecule has 2 aliphatic heterocycles. The van der Waals surface area contributed by atoms with E-state index < -0.39 is 0 Å². The lowest BCUT2D eigenvalue weighted by Gasteiger charge is -2.34. The van der Waals surface area contributed by atoms with E-state index in [0.29, 0.717) is 0 Å². The standard InChI is InChI=1S/C72H43BN2O2/c1-2-18-50-44(16-1)17-15-27-51(50)45-32-34-46(35-33-45)70-56-23-3-5-25-58(56)71(59-26-6-4-24-57(59)70)47-40-68-72-69(41-47)77-67-43-49(75-64-30-13-9-21-54(64)55-22-10-14-31-65(55)75)37-39-61(67)73(72)60-38-36-48(42-66(60)76-68)74-62-28-11-7-19-52(62)53-20-8-12-29-63(53)74/h1-43H. The fraction of sp³-hybridized carbons (Fsp3) is 0. The summed E-state index contributed by atoms with van der Waals surface area (Å²) in [5.41, 5.74) is 17.0. The summed E-state index contributed by atoms with van der Waals surface area (Å²) >= 11 is 0. The van der Waals surface area contributed by atoms with E-state index in [-0.39, 0.29) is 6.71 Å². The Balaban J connectivity index is 0.872. The van der Waals surface area contributed by atoms with Gasteiger partial charge in [-0.3, -0.25) is 0 Å². The van der Waals surface area contributed by atoms with Crippen molar-refractivity contribution in [3.8, 4) is 67.8 Å². The molecule has 2 aliphatic rings. The second-order valence-corrected chi connectivity index (χ2v) is 20.7. The molecule has 0 N–H and O–H groups in total. The Labute approximate surface area is 443 Å². The van der Waals surface area contributed by atoms with Gasteiger partial charge in [-0.15, -0.1) is 0 Å². The Morgan fingerprint density at radius 3 is 1.12 bits per heavy atom. The Morgan fingerprint density at radius 1 is 0.273 bits per heavy atom. The third-order valence-electron chi connectivity index (χ3n) is 16.6. The summed E-state index contributed by atoms with van der Waals surface area (Å²) in [5, 5.41) is 12.1. The smallest absolute Gasteiger partial charge is 0.260 e. The van der Waals surface area contributed by atoms with E-state index in [1.165, 1.54) is 65.3 Å². The van der Waals surface area contributed by atoms with Crippen molar-refractivity contribution in [2.75, 3.05) is 0 Å². The third-order valence-corrected chi connectivity index (χ3v) is 16.6. The normalized spacial score (nSPS) is 12.6. The Morgan fingerprint density at radius 2 is 0.649 bits per heavy atom. The van der Waals surface area contributed by atoms with Crippen LogP contribution in [0.3, 0.4) is 0 Å². The molecule has 0 radical (unpaired) electrons. The molecule has 13 aromatic carbocycles. The first-order valence-electron chi connectivity index (χ1n) is 26.5. The van der Waals surface area contributed by atoms with Crippen LogP contribution < -0.4 is 25.9 Å². The highest BCUT2D eigenvalue weighted by Gasteiger charge is 2.41. The number of nitrogens with zero attached hydrogens (tertiary/aromatic N) is 2. The average molecular weight is 979 g/mol. The molecule has 0 bridgehead atoms. The van der Waals surface area contributed by atoms with E-state index >= 15 is 0 Å². The maximum atomic E-state index is 7.34. The summed E-state index contributed by atoms with van der Waals surface area (Å²) in [6, 6.07) is 95.0. The number of ether oxygens (including phenoxy) is 2. The molecular weight excluding hydrogens is 936 g/mol. The summed E-state index contributed by atoms with van der Waals surface area (Å²) < 4.78 is 19.4. The van der Waals surface area contributed by atoms with Crippen molar-refractivity contribution in [1.29, 1.82) is 0 Å². The van der Waals surface area contributed by atoms with E-state index in [1.54, 1.807) is 0 Å². The van der Waals surface area contributed by atoms with Crippen molar-refractivity contribution in [2.45, 2.75) is 0 Å². The van der Waals surface area contributed by atoms with Crippen LogP contribution in [0.15, 0.2) is 261 Å². The van der Waals surface area contributed by atoms with Crippen molar-refractivity contribution < 1.29 is 9.47 Å². The van der Waals surface area contributed by atoms with Crippen molar-refractivity contribution in [2.24, 2.45) is 0 Å². The van der Waals surface area contributed by atoms with Crippen LogP contribution in [-0.2, 0) is 0 Å². The highest BCUT2D eigenvalue weighted by Crippen LogP contribution is 2.48. The SMILES string of the molecule is c1ccc2c(-c3ccc(-c4c5ccccc5c(-c5cc6c7c(c5)Oc5cc(-n8c9ccccc9c9ccccc98)ccc5B7c5ccc(-n7c8ccccc8c8ccccc87)cc5O6)c5ccccc45)cc3)cccc2c1. The van der Waals surface area contributed by atoms with Crippen LogP contribution in [0.25, 0.3) is 121 Å². The number of hydrogen-bond acceptors (Lipinski definition) is 2. The van der Waals surface area contributed by atoms with Crippen molar-refractivity contribution in [3.05, 3.63) is 261 Å². The molecule has 0 fully saturated rings. The lowest BCUT2D eigenvalue weighted by Crippen LogP contribution is -2.57. The molecule has 4 nitrogen and oxygen atoms in total. The predicted octanol–water partition coefficient (Wildman–Crippen LogP) is 17.1. The van der Waals surface area contributed by atoms with Crippen molar-refractivity contribution in [3.63, 3.8) is 0 Å². The van der Waals surface area contributed by atoms with Gasteiger partial charge in [0.05, 0.1) is 22.1 Å². The minimum atomic E-state index is -0.145. The maximum absolute atomic E-state index is 7.34. The minimum absolute atomic E-state index is 0.145. The lowest BCUT2D eigenvalue weighted by molar-refractivity contribution is 0.465. The predicted molar refractivity (Wildman–Crippen MR) is 322 cm³/mol.